The monoisotopic (exact) mass is 226 g/mol. The molecule has 1 aromatic carbocycles. The molecule has 0 saturated heterocycles. The fourth-order valence-electron chi connectivity index (χ4n) is 1.50. The highest BCUT2D eigenvalue weighted by atomic mass is 32.2. The Labute approximate surface area is 93.8 Å². The summed E-state index contributed by atoms with van der Waals surface area (Å²) >= 11 is 0. The first-order valence-electron chi connectivity index (χ1n) is 5.21. The molecule has 3 heteroatoms. The molecule has 0 radical (unpaired) electrons. The minimum Gasteiger partial charge on any atom is -0.395 e. The second-order valence-corrected chi connectivity index (χ2v) is 5.78. The Kier molecular flexibility index (Phi) is 4.99. The van der Waals surface area contributed by atoms with Gasteiger partial charge in [0, 0.05) is 4.90 Å². The van der Waals surface area contributed by atoms with Crippen molar-refractivity contribution in [3.63, 3.8) is 0 Å². The lowest BCUT2D eigenvalue weighted by molar-refractivity contribution is 0.280. The lowest BCUT2D eigenvalue weighted by atomic mass is 10.1. The van der Waals surface area contributed by atoms with Gasteiger partial charge in [0.2, 0.25) is 0 Å². The molecular formula is C12H18O2S. The van der Waals surface area contributed by atoms with Gasteiger partial charge >= 0.3 is 0 Å². The summed E-state index contributed by atoms with van der Waals surface area (Å²) in [5.74, 6) is 0.454. The normalized spacial score (nSPS) is 15.2. The number of benzene rings is 1. The molecule has 0 saturated carbocycles. The minimum atomic E-state index is -1.09. The summed E-state index contributed by atoms with van der Waals surface area (Å²) in [5.41, 5.74) is 0. The zero-order valence-electron chi connectivity index (χ0n) is 9.22. The minimum absolute atomic E-state index is 0.0142. The summed E-state index contributed by atoms with van der Waals surface area (Å²) in [6.45, 7) is 4.13. The Hall–Kier alpha value is -0.670. The average molecular weight is 226 g/mol. The topological polar surface area (TPSA) is 37.3 Å². The fourth-order valence-corrected chi connectivity index (χ4v) is 3.01. The van der Waals surface area contributed by atoms with Crippen molar-refractivity contribution < 1.29 is 9.32 Å². The van der Waals surface area contributed by atoms with E-state index in [-0.39, 0.29) is 11.9 Å². The van der Waals surface area contributed by atoms with Crippen molar-refractivity contribution >= 4 is 10.8 Å². The van der Waals surface area contributed by atoms with Crippen LogP contribution in [0, 0.1) is 5.92 Å². The molecule has 1 aromatic rings. The van der Waals surface area contributed by atoms with Gasteiger partial charge in [-0.3, -0.25) is 4.21 Å². The molecule has 2 nitrogen and oxygen atoms in total. The summed E-state index contributed by atoms with van der Waals surface area (Å²) in [6, 6.07) is 9.34. The van der Waals surface area contributed by atoms with E-state index in [1.165, 1.54) is 0 Å². The molecule has 0 amide bonds. The highest BCUT2D eigenvalue weighted by Crippen LogP contribution is 2.16. The third-order valence-corrected chi connectivity index (χ3v) is 3.90. The second kappa shape index (κ2) is 6.03. The fraction of sp³-hybridized carbons (Fsp3) is 0.500. The van der Waals surface area contributed by atoms with Crippen LogP contribution in [0.3, 0.4) is 0 Å². The molecule has 2 atom stereocenters. The number of rotatable bonds is 5. The third-order valence-electron chi connectivity index (χ3n) is 2.22. The van der Waals surface area contributed by atoms with Crippen LogP contribution < -0.4 is 0 Å². The van der Waals surface area contributed by atoms with Crippen molar-refractivity contribution in [1.82, 2.24) is 0 Å². The summed E-state index contributed by atoms with van der Waals surface area (Å²) < 4.78 is 12.1. The van der Waals surface area contributed by atoms with E-state index < -0.39 is 10.8 Å². The van der Waals surface area contributed by atoms with E-state index in [4.69, 9.17) is 0 Å². The molecule has 0 spiro atoms. The molecule has 1 rings (SSSR count). The Morgan fingerprint density at radius 1 is 1.27 bits per heavy atom. The largest absolute Gasteiger partial charge is 0.395 e. The zero-order chi connectivity index (χ0) is 11.3. The number of hydrogen-bond donors (Lipinski definition) is 1. The molecule has 84 valence electrons. The van der Waals surface area contributed by atoms with Gasteiger partial charge in [0.15, 0.2) is 0 Å². The SMILES string of the molecule is CC(C)C[C@@H](CO)S(=O)c1ccccc1. The average Bonchev–Trinajstić information content (AvgIpc) is 2.26. The maximum absolute atomic E-state index is 12.1. The van der Waals surface area contributed by atoms with Crippen LogP contribution in [0.2, 0.25) is 0 Å². The second-order valence-electron chi connectivity index (χ2n) is 4.04. The van der Waals surface area contributed by atoms with E-state index in [2.05, 4.69) is 13.8 Å². The highest BCUT2D eigenvalue weighted by Gasteiger charge is 2.18. The number of aliphatic hydroxyl groups excluding tert-OH is 1. The molecule has 0 heterocycles. The van der Waals surface area contributed by atoms with Gasteiger partial charge in [0.1, 0.15) is 0 Å². The van der Waals surface area contributed by atoms with Crippen LogP contribution in [0.5, 0.6) is 0 Å². The molecule has 0 aliphatic heterocycles. The number of hydrogen-bond acceptors (Lipinski definition) is 2. The molecule has 1 unspecified atom stereocenters. The van der Waals surface area contributed by atoms with Crippen LogP contribution >= 0.6 is 0 Å². The Bertz CT molecular complexity index is 309. The van der Waals surface area contributed by atoms with Gasteiger partial charge in [-0.2, -0.15) is 0 Å². The first-order valence-corrected chi connectivity index (χ1v) is 6.43. The number of aliphatic hydroxyl groups is 1. The first-order chi connectivity index (χ1) is 7.15. The van der Waals surface area contributed by atoms with E-state index >= 15 is 0 Å². The predicted octanol–water partition coefficient (Wildman–Crippen LogP) is 2.20. The van der Waals surface area contributed by atoms with E-state index in [9.17, 15) is 9.32 Å². The maximum atomic E-state index is 12.1. The summed E-state index contributed by atoms with van der Waals surface area (Å²) in [6.07, 6.45) is 0.790. The van der Waals surface area contributed by atoms with Crippen molar-refractivity contribution in [2.75, 3.05) is 6.61 Å². The Morgan fingerprint density at radius 2 is 1.87 bits per heavy atom. The molecule has 0 fully saturated rings. The summed E-state index contributed by atoms with van der Waals surface area (Å²) in [7, 11) is -1.09. The lowest BCUT2D eigenvalue weighted by Gasteiger charge is -2.15. The standard InChI is InChI=1S/C12H18O2S/c1-10(2)8-12(9-13)15(14)11-6-4-3-5-7-11/h3-7,10,12-13H,8-9H2,1-2H3/t12-,15?/m0/s1. The van der Waals surface area contributed by atoms with E-state index in [1.54, 1.807) is 0 Å². The van der Waals surface area contributed by atoms with Gasteiger partial charge in [-0.15, -0.1) is 0 Å². The van der Waals surface area contributed by atoms with Gasteiger partial charge in [-0.05, 0) is 24.5 Å². The van der Waals surface area contributed by atoms with Crippen LogP contribution in [0.25, 0.3) is 0 Å². The molecule has 0 aromatic heterocycles. The third kappa shape index (κ3) is 3.76. The van der Waals surface area contributed by atoms with Crippen molar-refractivity contribution in [2.45, 2.75) is 30.4 Å². The molecule has 1 N–H and O–H groups in total. The summed E-state index contributed by atoms with van der Waals surface area (Å²) in [5, 5.41) is 9.07. The van der Waals surface area contributed by atoms with Crippen molar-refractivity contribution in [3.8, 4) is 0 Å². The highest BCUT2D eigenvalue weighted by molar-refractivity contribution is 7.85. The molecular weight excluding hydrogens is 208 g/mol. The lowest BCUT2D eigenvalue weighted by Crippen LogP contribution is -2.21. The maximum Gasteiger partial charge on any atom is 0.0628 e. The molecule has 15 heavy (non-hydrogen) atoms. The van der Waals surface area contributed by atoms with Crippen LogP contribution in [-0.4, -0.2) is 21.2 Å². The Balaban J connectivity index is 2.74. The van der Waals surface area contributed by atoms with Crippen molar-refractivity contribution in [1.29, 1.82) is 0 Å². The van der Waals surface area contributed by atoms with Gasteiger partial charge in [0.25, 0.3) is 0 Å². The van der Waals surface area contributed by atoms with E-state index in [0.29, 0.717) is 5.92 Å². The quantitative estimate of drug-likeness (QED) is 0.835. The van der Waals surface area contributed by atoms with Gasteiger partial charge in [-0.25, -0.2) is 0 Å². The van der Waals surface area contributed by atoms with Gasteiger partial charge < -0.3 is 5.11 Å². The Morgan fingerprint density at radius 3 is 2.33 bits per heavy atom. The van der Waals surface area contributed by atoms with Gasteiger partial charge in [0.05, 0.1) is 22.7 Å². The van der Waals surface area contributed by atoms with Gasteiger partial charge in [-0.1, -0.05) is 32.0 Å². The van der Waals surface area contributed by atoms with Crippen molar-refractivity contribution in [2.24, 2.45) is 5.92 Å². The van der Waals surface area contributed by atoms with Crippen LogP contribution in [-0.2, 0) is 10.8 Å². The first kappa shape index (κ1) is 12.4. The predicted molar refractivity (Wildman–Crippen MR) is 63.2 cm³/mol. The zero-order valence-corrected chi connectivity index (χ0v) is 10.0. The van der Waals surface area contributed by atoms with Crippen molar-refractivity contribution in [3.05, 3.63) is 30.3 Å². The molecule has 0 aliphatic rings. The molecule has 0 bridgehead atoms. The van der Waals surface area contributed by atoms with Crippen LogP contribution in [0.15, 0.2) is 35.2 Å². The van der Waals surface area contributed by atoms with Crippen LogP contribution in [0.4, 0.5) is 0 Å². The molecule has 0 aliphatic carbocycles. The smallest absolute Gasteiger partial charge is 0.0628 e. The summed E-state index contributed by atoms with van der Waals surface area (Å²) in [4.78, 5) is 0.803. The van der Waals surface area contributed by atoms with E-state index in [1.807, 2.05) is 30.3 Å². The van der Waals surface area contributed by atoms with Crippen LogP contribution in [0.1, 0.15) is 20.3 Å². The van der Waals surface area contributed by atoms with E-state index in [0.717, 1.165) is 11.3 Å².